The molecule has 2 aromatic heterocycles. The van der Waals surface area contributed by atoms with Crippen molar-refractivity contribution in [2.75, 3.05) is 65.8 Å². The van der Waals surface area contributed by atoms with E-state index in [9.17, 15) is 19.8 Å². The van der Waals surface area contributed by atoms with Gasteiger partial charge >= 0.3 is 11.9 Å². The Labute approximate surface area is 253 Å². The van der Waals surface area contributed by atoms with E-state index in [4.69, 9.17) is 18.9 Å². The van der Waals surface area contributed by atoms with Gasteiger partial charge in [0.2, 0.25) is 0 Å². The molecule has 2 fully saturated rings. The molecule has 3 unspecified atom stereocenters. The Balaban J connectivity index is 1.39. The Kier molecular flexibility index (Phi) is 13.3. The number of aromatic carboxylic acids is 2. The zero-order chi connectivity index (χ0) is 30.4. The molecule has 1 aliphatic carbocycles. The van der Waals surface area contributed by atoms with E-state index in [0.29, 0.717) is 83.8 Å². The quantitative estimate of drug-likeness (QED) is 0.467. The van der Waals surface area contributed by atoms with Crippen molar-refractivity contribution in [1.82, 2.24) is 19.8 Å². The summed E-state index contributed by atoms with van der Waals surface area (Å²) in [6.45, 7) is 5.94. The van der Waals surface area contributed by atoms with Crippen molar-refractivity contribution in [2.24, 2.45) is 0 Å². The Bertz CT molecular complexity index is 1170. The molecular formula is C30H43BN4O8. The van der Waals surface area contributed by atoms with Crippen LogP contribution in [-0.2, 0) is 25.5 Å². The average molecular weight is 599 g/mol. The summed E-state index contributed by atoms with van der Waals surface area (Å²) in [6, 6.07) is 10.1. The number of nitrogens with zero attached hydrogens (tertiary/aromatic N) is 4. The molecule has 43 heavy (non-hydrogen) atoms. The van der Waals surface area contributed by atoms with Gasteiger partial charge < -0.3 is 29.2 Å². The highest BCUT2D eigenvalue weighted by Gasteiger charge is 2.27. The lowest BCUT2D eigenvalue weighted by Crippen LogP contribution is -2.40. The summed E-state index contributed by atoms with van der Waals surface area (Å²) in [4.78, 5) is 35.9. The summed E-state index contributed by atoms with van der Waals surface area (Å²) in [5.74, 6) is -2.21. The highest BCUT2D eigenvalue weighted by Crippen LogP contribution is 2.24. The van der Waals surface area contributed by atoms with E-state index in [1.54, 1.807) is 12.1 Å². The molecule has 13 heteroatoms. The van der Waals surface area contributed by atoms with Crippen LogP contribution in [0.15, 0.2) is 36.4 Å². The van der Waals surface area contributed by atoms with Crippen LogP contribution < -0.4 is 0 Å². The van der Waals surface area contributed by atoms with Gasteiger partial charge in [0.15, 0.2) is 0 Å². The van der Waals surface area contributed by atoms with Gasteiger partial charge in [0, 0.05) is 38.7 Å². The summed E-state index contributed by atoms with van der Waals surface area (Å²) in [5.41, 5.74) is 1.44. The lowest BCUT2D eigenvalue weighted by atomic mass is 9.90. The predicted octanol–water partition coefficient (Wildman–Crippen LogP) is 1.70. The van der Waals surface area contributed by atoms with E-state index < -0.39 is 11.9 Å². The van der Waals surface area contributed by atoms with Crippen molar-refractivity contribution in [2.45, 2.75) is 50.4 Å². The number of fused-ring (bicyclic) bond motifs is 1. The van der Waals surface area contributed by atoms with Gasteiger partial charge in [-0.2, -0.15) is 0 Å². The smallest absolute Gasteiger partial charge is 0.354 e. The van der Waals surface area contributed by atoms with Crippen molar-refractivity contribution in [3.8, 4) is 0 Å². The third-order valence-electron chi connectivity index (χ3n) is 7.92. The minimum atomic E-state index is -1.05. The fourth-order valence-corrected chi connectivity index (χ4v) is 5.47. The van der Waals surface area contributed by atoms with Crippen LogP contribution in [0.3, 0.4) is 0 Å². The summed E-state index contributed by atoms with van der Waals surface area (Å²) in [6.07, 6.45) is 4.08. The number of carboxylic acid groups (broad SMARTS) is 2. The summed E-state index contributed by atoms with van der Waals surface area (Å²) in [5, 5.41) is 18.7. The van der Waals surface area contributed by atoms with Crippen molar-refractivity contribution < 1.29 is 38.7 Å². The molecule has 234 valence electrons. The van der Waals surface area contributed by atoms with E-state index in [1.165, 1.54) is 12.1 Å². The maximum atomic E-state index is 11.5. The summed E-state index contributed by atoms with van der Waals surface area (Å²) >= 11 is 0. The molecule has 12 nitrogen and oxygen atoms in total. The van der Waals surface area contributed by atoms with Crippen LogP contribution in [0.25, 0.3) is 0 Å². The van der Waals surface area contributed by atoms with Gasteiger partial charge in [-0.05, 0) is 37.1 Å². The summed E-state index contributed by atoms with van der Waals surface area (Å²) < 4.78 is 24.5. The number of rotatable bonds is 6. The first kappa shape index (κ1) is 33.0. The van der Waals surface area contributed by atoms with E-state index >= 15 is 0 Å². The first-order valence-corrected chi connectivity index (χ1v) is 15.2. The zero-order valence-corrected chi connectivity index (χ0v) is 24.9. The number of pyridine rings is 2. The number of hydrogen-bond donors (Lipinski definition) is 2. The van der Waals surface area contributed by atoms with E-state index in [0.717, 1.165) is 25.7 Å². The minimum absolute atomic E-state index is 0.000186. The van der Waals surface area contributed by atoms with Crippen molar-refractivity contribution >= 4 is 19.8 Å². The molecular weight excluding hydrogens is 555 g/mol. The molecule has 4 rings (SSSR count). The molecule has 0 amide bonds. The molecule has 2 aromatic rings. The lowest BCUT2D eigenvalue weighted by Gasteiger charge is -2.34. The van der Waals surface area contributed by atoms with Crippen LogP contribution in [0.5, 0.6) is 0 Å². The third kappa shape index (κ3) is 10.6. The molecule has 3 heterocycles. The number of carbonyl (C=O) groups is 2. The second-order valence-electron chi connectivity index (χ2n) is 10.9. The first-order valence-electron chi connectivity index (χ1n) is 15.2. The minimum Gasteiger partial charge on any atom is -0.477 e. The zero-order valence-electron chi connectivity index (χ0n) is 24.9. The maximum absolute atomic E-state index is 11.5. The third-order valence-corrected chi connectivity index (χ3v) is 7.92. The van der Waals surface area contributed by atoms with Crippen LogP contribution in [-0.4, -0.2) is 128 Å². The molecule has 1 saturated heterocycles. The Morgan fingerprint density at radius 2 is 1.35 bits per heavy atom. The van der Waals surface area contributed by atoms with Gasteiger partial charge in [-0.3, -0.25) is 9.80 Å². The molecule has 1 aliphatic heterocycles. The Hall–Kier alpha value is -2.94. The van der Waals surface area contributed by atoms with Gasteiger partial charge in [0.25, 0.3) is 0 Å². The topological polar surface area (TPSA) is 144 Å². The second-order valence-corrected chi connectivity index (χ2v) is 10.9. The predicted molar refractivity (Wildman–Crippen MR) is 160 cm³/mol. The Morgan fingerprint density at radius 1 is 0.791 bits per heavy atom. The Morgan fingerprint density at radius 3 is 2.02 bits per heavy atom. The molecule has 1 saturated carbocycles. The molecule has 3 atom stereocenters. The van der Waals surface area contributed by atoms with Crippen molar-refractivity contribution in [3.63, 3.8) is 0 Å². The molecule has 0 radical (unpaired) electrons. The number of hydrogen-bond acceptors (Lipinski definition) is 10. The van der Waals surface area contributed by atoms with Crippen LogP contribution in [0.1, 0.15) is 64.0 Å². The van der Waals surface area contributed by atoms with E-state index in [-0.39, 0.29) is 29.5 Å². The monoisotopic (exact) mass is 598 g/mol. The first-order chi connectivity index (χ1) is 20.9. The van der Waals surface area contributed by atoms with E-state index in [1.807, 2.05) is 20.0 Å². The molecule has 2 N–H and O–H groups in total. The van der Waals surface area contributed by atoms with Crippen LogP contribution >= 0.6 is 0 Å². The van der Waals surface area contributed by atoms with Gasteiger partial charge in [-0.25, -0.2) is 19.6 Å². The highest BCUT2D eigenvalue weighted by molar-refractivity contribution is 6.11. The fourth-order valence-electron chi connectivity index (χ4n) is 5.47. The number of ether oxygens (including phenoxy) is 4. The lowest BCUT2D eigenvalue weighted by molar-refractivity contribution is -0.0995. The van der Waals surface area contributed by atoms with Crippen LogP contribution in [0, 0.1) is 0 Å². The SMILES string of the molecule is BC(c1cccc(C(=O)O)n1)N1CCOCCOCCN(Cc2cccc(C(=O)O)n2)CCOC2CCCCC2OCC1. The highest BCUT2D eigenvalue weighted by atomic mass is 16.5. The van der Waals surface area contributed by atoms with Gasteiger partial charge in [-0.1, -0.05) is 25.0 Å². The average Bonchev–Trinajstić information content (AvgIpc) is 3.01. The van der Waals surface area contributed by atoms with Gasteiger partial charge in [0.1, 0.15) is 19.2 Å². The molecule has 0 bridgehead atoms. The summed E-state index contributed by atoms with van der Waals surface area (Å²) in [7, 11) is 2.02. The van der Waals surface area contributed by atoms with Crippen LogP contribution in [0.4, 0.5) is 0 Å². The molecule has 2 aliphatic rings. The van der Waals surface area contributed by atoms with E-state index in [2.05, 4.69) is 19.8 Å². The van der Waals surface area contributed by atoms with Crippen molar-refractivity contribution in [1.29, 1.82) is 0 Å². The van der Waals surface area contributed by atoms with Gasteiger partial charge in [0.05, 0.1) is 63.2 Å². The standard InChI is InChI=1S/C30H43BN4O8/c31-28(23-6-4-8-25(33-23)30(38)39)35-13-16-41-20-19-40-15-11-34(21-22-5-3-7-24(32-22)29(36)37)12-17-42-26-9-1-2-10-27(26)43-18-14-35/h3-8,26-28H,1-2,9-21,31H2,(H,36,37)(H,38,39). The largest absolute Gasteiger partial charge is 0.477 e. The molecule has 0 spiro atoms. The van der Waals surface area contributed by atoms with Crippen molar-refractivity contribution in [3.05, 3.63) is 59.2 Å². The number of aromatic nitrogens is 2. The normalized spacial score (nSPS) is 23.3. The number of carboxylic acids is 2. The maximum Gasteiger partial charge on any atom is 0.354 e. The molecule has 0 aromatic carbocycles. The second kappa shape index (κ2) is 17.4. The van der Waals surface area contributed by atoms with Gasteiger partial charge in [-0.15, -0.1) is 0 Å². The fraction of sp³-hybridized carbons (Fsp3) is 0.600. The van der Waals surface area contributed by atoms with Crippen LogP contribution in [0.2, 0.25) is 0 Å².